The Morgan fingerprint density at radius 1 is 1.00 bits per heavy atom. The van der Waals surface area contributed by atoms with Crippen LogP contribution in [-0.4, -0.2) is 12.2 Å². The zero-order chi connectivity index (χ0) is 14.7. The maximum atomic E-state index is 12.3. The number of anilines is 1. The van der Waals surface area contributed by atoms with E-state index in [4.69, 9.17) is 0 Å². The van der Waals surface area contributed by atoms with Crippen molar-refractivity contribution >= 4 is 23.4 Å². The van der Waals surface area contributed by atoms with Gasteiger partial charge in [-0.3, -0.25) is 4.79 Å². The van der Waals surface area contributed by atoms with Gasteiger partial charge >= 0.3 is 0 Å². The number of carbonyl (C=O) groups excluding carboxylic acids is 1. The molecule has 0 aliphatic heterocycles. The van der Waals surface area contributed by atoms with E-state index >= 15 is 0 Å². The Kier molecular flexibility index (Phi) is 4.50. The SMILES string of the molecule is CSc1ccc(C(=O)Nc2c(C)cc(C)cc2C)cc1. The largest absolute Gasteiger partial charge is 0.322 e. The normalized spacial score (nSPS) is 10.4. The number of carbonyl (C=O) groups is 1. The third-order valence-corrected chi connectivity index (χ3v) is 4.01. The predicted octanol–water partition coefficient (Wildman–Crippen LogP) is 4.59. The Bertz CT molecular complexity index is 609. The zero-order valence-electron chi connectivity index (χ0n) is 12.3. The number of hydrogen-bond acceptors (Lipinski definition) is 2. The van der Waals surface area contributed by atoms with Gasteiger partial charge in [0.15, 0.2) is 0 Å². The van der Waals surface area contributed by atoms with E-state index in [1.165, 1.54) is 5.56 Å². The van der Waals surface area contributed by atoms with Crippen molar-refractivity contribution in [2.75, 3.05) is 11.6 Å². The fourth-order valence-corrected chi connectivity index (χ4v) is 2.71. The third kappa shape index (κ3) is 3.23. The number of thioether (sulfide) groups is 1. The topological polar surface area (TPSA) is 29.1 Å². The average molecular weight is 285 g/mol. The van der Waals surface area contributed by atoms with E-state index in [0.717, 1.165) is 21.7 Å². The van der Waals surface area contributed by atoms with Gasteiger partial charge in [-0.15, -0.1) is 11.8 Å². The van der Waals surface area contributed by atoms with E-state index < -0.39 is 0 Å². The first-order valence-electron chi connectivity index (χ1n) is 6.54. The first kappa shape index (κ1) is 14.7. The molecule has 0 aliphatic rings. The molecule has 0 heterocycles. The summed E-state index contributed by atoms with van der Waals surface area (Å²) >= 11 is 1.67. The minimum absolute atomic E-state index is 0.0623. The van der Waals surface area contributed by atoms with Crippen molar-refractivity contribution in [1.29, 1.82) is 0 Å². The smallest absolute Gasteiger partial charge is 0.255 e. The molecule has 2 rings (SSSR count). The van der Waals surface area contributed by atoms with Crippen LogP contribution in [0.4, 0.5) is 5.69 Å². The number of benzene rings is 2. The third-order valence-electron chi connectivity index (χ3n) is 3.27. The van der Waals surface area contributed by atoms with Crippen LogP contribution in [0, 0.1) is 20.8 Å². The molecule has 0 bridgehead atoms. The van der Waals surface area contributed by atoms with Gasteiger partial charge in [0.05, 0.1) is 0 Å². The van der Waals surface area contributed by atoms with Crippen LogP contribution in [0.25, 0.3) is 0 Å². The van der Waals surface area contributed by atoms with Crippen molar-refractivity contribution in [1.82, 2.24) is 0 Å². The second-order valence-electron chi connectivity index (χ2n) is 4.96. The zero-order valence-corrected chi connectivity index (χ0v) is 13.1. The molecule has 0 saturated carbocycles. The monoisotopic (exact) mass is 285 g/mol. The summed E-state index contributed by atoms with van der Waals surface area (Å²) in [5.74, 6) is -0.0623. The Morgan fingerprint density at radius 2 is 1.55 bits per heavy atom. The standard InChI is InChI=1S/C17H19NOS/c1-11-9-12(2)16(13(3)10-11)18-17(19)14-5-7-15(20-4)8-6-14/h5-10H,1-4H3,(H,18,19). The molecule has 0 spiro atoms. The van der Waals surface area contributed by atoms with E-state index in [9.17, 15) is 4.79 Å². The van der Waals surface area contributed by atoms with E-state index in [-0.39, 0.29) is 5.91 Å². The molecule has 0 fully saturated rings. The Labute approximate surface area is 124 Å². The quantitative estimate of drug-likeness (QED) is 0.836. The second kappa shape index (κ2) is 6.14. The summed E-state index contributed by atoms with van der Waals surface area (Å²) in [6.45, 7) is 6.10. The summed E-state index contributed by atoms with van der Waals surface area (Å²) in [6, 6.07) is 11.8. The lowest BCUT2D eigenvalue weighted by Gasteiger charge is -2.13. The van der Waals surface area contributed by atoms with Gasteiger partial charge in [0.1, 0.15) is 0 Å². The number of rotatable bonds is 3. The molecule has 0 atom stereocenters. The molecule has 2 aromatic carbocycles. The molecule has 1 N–H and O–H groups in total. The van der Waals surface area contributed by atoms with Gasteiger partial charge in [-0.25, -0.2) is 0 Å². The van der Waals surface area contributed by atoms with Crippen molar-refractivity contribution in [3.63, 3.8) is 0 Å². The minimum atomic E-state index is -0.0623. The maximum Gasteiger partial charge on any atom is 0.255 e. The summed E-state index contributed by atoms with van der Waals surface area (Å²) in [5.41, 5.74) is 4.99. The number of nitrogens with one attached hydrogen (secondary N) is 1. The van der Waals surface area contributed by atoms with E-state index in [0.29, 0.717) is 5.56 Å². The van der Waals surface area contributed by atoms with Gasteiger partial charge in [-0.1, -0.05) is 17.7 Å². The van der Waals surface area contributed by atoms with Crippen LogP contribution in [0.15, 0.2) is 41.3 Å². The van der Waals surface area contributed by atoms with Crippen LogP contribution in [0.2, 0.25) is 0 Å². The molecule has 2 aromatic rings. The van der Waals surface area contributed by atoms with Crippen molar-refractivity contribution in [2.45, 2.75) is 25.7 Å². The van der Waals surface area contributed by atoms with Gasteiger partial charge in [-0.2, -0.15) is 0 Å². The molecule has 0 saturated heterocycles. The Morgan fingerprint density at radius 3 is 2.05 bits per heavy atom. The summed E-state index contributed by atoms with van der Waals surface area (Å²) in [5, 5.41) is 3.01. The van der Waals surface area contributed by atoms with Crippen LogP contribution >= 0.6 is 11.8 Å². The molecular weight excluding hydrogens is 266 g/mol. The molecule has 104 valence electrons. The molecule has 2 nitrogen and oxygen atoms in total. The highest BCUT2D eigenvalue weighted by molar-refractivity contribution is 7.98. The summed E-state index contributed by atoms with van der Waals surface area (Å²) in [7, 11) is 0. The van der Waals surface area contributed by atoms with Crippen LogP contribution in [-0.2, 0) is 0 Å². The lowest BCUT2D eigenvalue weighted by molar-refractivity contribution is 0.102. The molecule has 0 aromatic heterocycles. The van der Waals surface area contributed by atoms with Crippen LogP contribution in [0.3, 0.4) is 0 Å². The minimum Gasteiger partial charge on any atom is -0.322 e. The van der Waals surface area contributed by atoms with Crippen LogP contribution < -0.4 is 5.32 Å². The van der Waals surface area contributed by atoms with Crippen molar-refractivity contribution in [2.24, 2.45) is 0 Å². The molecule has 0 aliphatic carbocycles. The molecule has 1 amide bonds. The summed E-state index contributed by atoms with van der Waals surface area (Å²) in [6.07, 6.45) is 2.02. The predicted molar refractivity (Wildman–Crippen MR) is 86.8 cm³/mol. The number of hydrogen-bond donors (Lipinski definition) is 1. The van der Waals surface area contributed by atoms with E-state index in [1.54, 1.807) is 11.8 Å². The molecule has 3 heteroatoms. The van der Waals surface area contributed by atoms with Gasteiger partial charge < -0.3 is 5.32 Å². The van der Waals surface area contributed by atoms with Crippen molar-refractivity contribution in [3.8, 4) is 0 Å². The highest BCUT2D eigenvalue weighted by Crippen LogP contribution is 2.23. The fraction of sp³-hybridized carbons (Fsp3) is 0.235. The second-order valence-corrected chi connectivity index (χ2v) is 5.84. The molecule has 20 heavy (non-hydrogen) atoms. The summed E-state index contributed by atoms with van der Waals surface area (Å²) in [4.78, 5) is 13.4. The first-order valence-corrected chi connectivity index (χ1v) is 7.77. The highest BCUT2D eigenvalue weighted by atomic mass is 32.2. The van der Waals surface area contributed by atoms with Gasteiger partial charge in [0, 0.05) is 16.1 Å². The van der Waals surface area contributed by atoms with Gasteiger partial charge in [-0.05, 0) is 62.4 Å². The lowest BCUT2D eigenvalue weighted by Crippen LogP contribution is -2.13. The van der Waals surface area contributed by atoms with E-state index in [2.05, 4.69) is 24.4 Å². The van der Waals surface area contributed by atoms with Crippen molar-refractivity contribution < 1.29 is 4.79 Å². The number of aryl methyl sites for hydroxylation is 3. The van der Waals surface area contributed by atoms with Crippen LogP contribution in [0.1, 0.15) is 27.0 Å². The molecule has 0 unspecified atom stereocenters. The first-order chi connectivity index (χ1) is 9.51. The lowest BCUT2D eigenvalue weighted by atomic mass is 10.0. The van der Waals surface area contributed by atoms with Crippen molar-refractivity contribution in [3.05, 3.63) is 58.7 Å². The fourth-order valence-electron chi connectivity index (χ4n) is 2.31. The average Bonchev–Trinajstić information content (AvgIpc) is 2.42. The Hall–Kier alpha value is -1.74. The Balaban J connectivity index is 2.23. The number of amides is 1. The van der Waals surface area contributed by atoms with Gasteiger partial charge in [0.2, 0.25) is 0 Å². The summed E-state index contributed by atoms with van der Waals surface area (Å²) < 4.78 is 0. The van der Waals surface area contributed by atoms with Gasteiger partial charge in [0.25, 0.3) is 5.91 Å². The molecular formula is C17H19NOS. The van der Waals surface area contributed by atoms with E-state index in [1.807, 2.05) is 44.4 Å². The van der Waals surface area contributed by atoms with Crippen LogP contribution in [0.5, 0.6) is 0 Å². The molecule has 0 radical (unpaired) electrons. The highest BCUT2D eigenvalue weighted by Gasteiger charge is 2.10. The maximum absolute atomic E-state index is 12.3.